The molecule has 0 spiro atoms. The summed E-state index contributed by atoms with van der Waals surface area (Å²) in [5, 5.41) is 0. The first-order valence-corrected chi connectivity index (χ1v) is 10.2. The van der Waals surface area contributed by atoms with E-state index in [1.807, 2.05) is 36.1 Å². The number of nitrogens with zero attached hydrogens (tertiary/aromatic N) is 4. The third-order valence-corrected chi connectivity index (χ3v) is 5.52. The number of hydrogen-bond donors (Lipinski definition) is 0. The average Bonchev–Trinajstić information content (AvgIpc) is 2.76. The van der Waals surface area contributed by atoms with Gasteiger partial charge in [0.2, 0.25) is 5.91 Å². The molecule has 2 heterocycles. The summed E-state index contributed by atoms with van der Waals surface area (Å²) in [7, 11) is 0. The van der Waals surface area contributed by atoms with Crippen molar-refractivity contribution < 1.29 is 9.18 Å². The van der Waals surface area contributed by atoms with Gasteiger partial charge in [-0.3, -0.25) is 4.79 Å². The van der Waals surface area contributed by atoms with E-state index < -0.39 is 0 Å². The van der Waals surface area contributed by atoms with Crippen LogP contribution in [-0.2, 0) is 11.2 Å². The molecule has 154 valence electrons. The van der Waals surface area contributed by atoms with Crippen molar-refractivity contribution in [3.63, 3.8) is 0 Å². The summed E-state index contributed by atoms with van der Waals surface area (Å²) < 4.78 is 13.8. The molecule has 2 aromatic carbocycles. The number of piperazine rings is 1. The summed E-state index contributed by atoms with van der Waals surface area (Å²) in [5.74, 6) is 1.18. The Balaban J connectivity index is 1.74. The molecule has 3 aromatic rings. The number of carbonyl (C=O) groups excluding carboxylic acids is 1. The molecule has 1 amide bonds. The van der Waals surface area contributed by atoms with Gasteiger partial charge < -0.3 is 9.80 Å². The van der Waals surface area contributed by atoms with E-state index in [0.29, 0.717) is 37.6 Å². The fourth-order valence-corrected chi connectivity index (χ4v) is 3.84. The summed E-state index contributed by atoms with van der Waals surface area (Å²) in [6.45, 7) is 6.34. The maximum Gasteiger partial charge on any atom is 0.219 e. The van der Waals surface area contributed by atoms with E-state index in [1.165, 1.54) is 17.7 Å². The Kier molecular flexibility index (Phi) is 5.74. The maximum atomic E-state index is 13.8. The largest absolute Gasteiger partial charge is 0.353 e. The van der Waals surface area contributed by atoms with E-state index in [9.17, 15) is 9.18 Å². The highest BCUT2D eigenvalue weighted by Gasteiger charge is 2.24. The zero-order chi connectivity index (χ0) is 21.1. The molecule has 0 aliphatic carbocycles. The van der Waals surface area contributed by atoms with E-state index in [1.54, 1.807) is 13.0 Å². The molecule has 1 saturated heterocycles. The number of aromatic nitrogens is 2. The van der Waals surface area contributed by atoms with Gasteiger partial charge in [-0.05, 0) is 24.6 Å². The molecule has 1 aliphatic rings. The summed E-state index contributed by atoms with van der Waals surface area (Å²) in [5.41, 5.74) is 3.80. The number of anilines is 1. The highest BCUT2D eigenvalue weighted by atomic mass is 19.1. The van der Waals surface area contributed by atoms with Crippen LogP contribution in [0.2, 0.25) is 0 Å². The standard InChI is InChI=1S/C24H25FN4O/c1-17-22(15-19-7-4-3-5-8-19)24(29-13-11-28(12-14-29)18(2)30)27-23(26-17)20-9-6-10-21(25)16-20/h3-10,16H,11-15H2,1-2H3. The van der Waals surface area contributed by atoms with Crippen LogP contribution < -0.4 is 4.90 Å². The van der Waals surface area contributed by atoms with Gasteiger partial charge in [0, 0.05) is 56.3 Å². The lowest BCUT2D eigenvalue weighted by Gasteiger charge is -2.36. The predicted molar refractivity (Wildman–Crippen MR) is 116 cm³/mol. The second-order valence-corrected chi connectivity index (χ2v) is 7.60. The minimum Gasteiger partial charge on any atom is -0.353 e. The molecule has 0 radical (unpaired) electrons. The van der Waals surface area contributed by atoms with E-state index in [0.717, 1.165) is 23.5 Å². The van der Waals surface area contributed by atoms with Crippen LogP contribution in [-0.4, -0.2) is 47.0 Å². The highest BCUT2D eigenvalue weighted by Crippen LogP contribution is 2.28. The Morgan fingerprint density at radius 1 is 1.00 bits per heavy atom. The lowest BCUT2D eigenvalue weighted by Crippen LogP contribution is -2.48. The second kappa shape index (κ2) is 8.61. The molecule has 4 rings (SSSR count). The predicted octanol–water partition coefficient (Wildman–Crippen LogP) is 3.85. The van der Waals surface area contributed by atoms with Crippen molar-refractivity contribution >= 4 is 11.7 Å². The van der Waals surface area contributed by atoms with Gasteiger partial charge in [0.25, 0.3) is 0 Å². The van der Waals surface area contributed by atoms with Gasteiger partial charge in [-0.25, -0.2) is 14.4 Å². The van der Waals surface area contributed by atoms with Gasteiger partial charge in [-0.1, -0.05) is 42.5 Å². The Labute approximate surface area is 176 Å². The van der Waals surface area contributed by atoms with Gasteiger partial charge in [0.05, 0.1) is 0 Å². The molecule has 0 unspecified atom stereocenters. The van der Waals surface area contributed by atoms with Crippen molar-refractivity contribution in [2.24, 2.45) is 0 Å². The molecule has 0 atom stereocenters. The molecule has 30 heavy (non-hydrogen) atoms. The lowest BCUT2D eigenvalue weighted by molar-refractivity contribution is -0.129. The lowest BCUT2D eigenvalue weighted by atomic mass is 10.0. The van der Waals surface area contributed by atoms with E-state index in [-0.39, 0.29) is 11.7 Å². The Morgan fingerprint density at radius 2 is 1.73 bits per heavy atom. The topological polar surface area (TPSA) is 49.3 Å². The second-order valence-electron chi connectivity index (χ2n) is 7.60. The van der Waals surface area contributed by atoms with Gasteiger partial charge in [-0.15, -0.1) is 0 Å². The summed E-state index contributed by atoms with van der Waals surface area (Å²) in [6.07, 6.45) is 0.721. The van der Waals surface area contributed by atoms with Crippen LogP contribution in [0.3, 0.4) is 0 Å². The smallest absolute Gasteiger partial charge is 0.219 e. The summed E-state index contributed by atoms with van der Waals surface area (Å²) in [6, 6.07) is 16.6. The molecule has 0 N–H and O–H groups in total. The first-order chi connectivity index (χ1) is 14.5. The molecule has 1 aliphatic heterocycles. The van der Waals surface area contributed by atoms with Crippen LogP contribution in [0.25, 0.3) is 11.4 Å². The number of halogens is 1. The quantitative estimate of drug-likeness (QED) is 0.663. The van der Waals surface area contributed by atoms with Crippen molar-refractivity contribution in [2.45, 2.75) is 20.3 Å². The third-order valence-electron chi connectivity index (χ3n) is 5.52. The fourth-order valence-electron chi connectivity index (χ4n) is 3.84. The Morgan fingerprint density at radius 3 is 2.40 bits per heavy atom. The maximum absolute atomic E-state index is 13.8. The number of amides is 1. The Hall–Kier alpha value is -3.28. The van der Waals surface area contributed by atoms with Crippen LogP contribution in [0.1, 0.15) is 23.7 Å². The molecule has 6 heteroatoms. The minimum absolute atomic E-state index is 0.0958. The van der Waals surface area contributed by atoms with Crippen molar-refractivity contribution in [2.75, 3.05) is 31.1 Å². The molecule has 0 saturated carbocycles. The molecular weight excluding hydrogens is 379 g/mol. The first kappa shape index (κ1) is 20.0. The van der Waals surface area contributed by atoms with Gasteiger partial charge in [0.15, 0.2) is 5.82 Å². The molecule has 0 bridgehead atoms. The van der Waals surface area contributed by atoms with Crippen molar-refractivity contribution in [1.82, 2.24) is 14.9 Å². The number of carbonyl (C=O) groups is 1. The highest BCUT2D eigenvalue weighted by molar-refractivity contribution is 5.73. The fraction of sp³-hybridized carbons (Fsp3) is 0.292. The zero-order valence-corrected chi connectivity index (χ0v) is 17.3. The van der Waals surface area contributed by atoms with E-state index >= 15 is 0 Å². The minimum atomic E-state index is -0.307. The molecule has 1 aromatic heterocycles. The van der Waals surface area contributed by atoms with Crippen molar-refractivity contribution in [1.29, 1.82) is 0 Å². The average molecular weight is 404 g/mol. The Bertz CT molecular complexity index is 1050. The van der Waals surface area contributed by atoms with Gasteiger partial charge in [0.1, 0.15) is 11.6 Å². The number of aryl methyl sites for hydroxylation is 1. The van der Waals surface area contributed by atoms with Crippen LogP contribution in [0, 0.1) is 12.7 Å². The normalized spacial score (nSPS) is 14.1. The first-order valence-electron chi connectivity index (χ1n) is 10.2. The zero-order valence-electron chi connectivity index (χ0n) is 17.3. The van der Waals surface area contributed by atoms with Crippen LogP contribution >= 0.6 is 0 Å². The van der Waals surface area contributed by atoms with Crippen molar-refractivity contribution in [3.8, 4) is 11.4 Å². The third kappa shape index (κ3) is 4.32. The number of hydrogen-bond acceptors (Lipinski definition) is 4. The molecular formula is C24H25FN4O. The van der Waals surface area contributed by atoms with Gasteiger partial charge >= 0.3 is 0 Å². The van der Waals surface area contributed by atoms with Crippen LogP contribution in [0.4, 0.5) is 10.2 Å². The SMILES string of the molecule is CC(=O)N1CCN(c2nc(-c3cccc(F)c3)nc(C)c2Cc2ccccc2)CC1. The van der Waals surface area contributed by atoms with Gasteiger partial charge in [-0.2, -0.15) is 0 Å². The number of rotatable bonds is 4. The van der Waals surface area contributed by atoms with Crippen LogP contribution in [0.15, 0.2) is 54.6 Å². The molecule has 1 fully saturated rings. The monoisotopic (exact) mass is 404 g/mol. The summed E-state index contributed by atoms with van der Waals surface area (Å²) >= 11 is 0. The van der Waals surface area contributed by atoms with E-state index in [4.69, 9.17) is 9.97 Å². The summed E-state index contributed by atoms with van der Waals surface area (Å²) in [4.78, 5) is 25.4. The van der Waals surface area contributed by atoms with Crippen molar-refractivity contribution in [3.05, 3.63) is 77.2 Å². The molecule has 5 nitrogen and oxygen atoms in total. The van der Waals surface area contributed by atoms with E-state index in [2.05, 4.69) is 17.0 Å². The van der Waals surface area contributed by atoms with Crippen LogP contribution in [0.5, 0.6) is 0 Å². The number of benzene rings is 2.